The molecular formula is C13H19BN4O4. The molecule has 9 heteroatoms. The Morgan fingerprint density at radius 2 is 2.32 bits per heavy atom. The molecule has 22 heavy (non-hydrogen) atoms. The number of aromatic nitrogens is 1. The molecule has 0 saturated carbocycles. The standard InChI is InChI=1S/C13H19BN4O4/c1-13(2,3)21-12(19)18-11(14-20-9-15)16-7-4-5-10-6-8-17-22-10/h6,8,16H,4-5,7H2,1-3H3,(H,18,19). The van der Waals surface area contributed by atoms with Crippen molar-refractivity contribution in [2.45, 2.75) is 39.2 Å². The molecule has 1 aromatic heterocycles. The molecule has 1 rings (SSSR count). The quantitative estimate of drug-likeness (QED) is 0.438. The van der Waals surface area contributed by atoms with Gasteiger partial charge in [0.1, 0.15) is 0 Å². The van der Waals surface area contributed by atoms with Crippen molar-refractivity contribution in [1.82, 2.24) is 15.8 Å². The van der Waals surface area contributed by atoms with E-state index in [0.717, 1.165) is 19.3 Å². The van der Waals surface area contributed by atoms with Gasteiger partial charge < -0.3 is 0 Å². The maximum atomic E-state index is 11.7. The van der Waals surface area contributed by atoms with Gasteiger partial charge in [0.2, 0.25) is 0 Å². The van der Waals surface area contributed by atoms with Gasteiger partial charge in [-0.15, -0.1) is 0 Å². The number of alkyl carbamates (subject to hydrolysis) is 1. The number of carbonyl (C=O) groups excluding carboxylic acids is 1. The predicted octanol–water partition coefficient (Wildman–Crippen LogP) is 0.926. The topological polar surface area (TPSA) is 109 Å². The van der Waals surface area contributed by atoms with E-state index in [-0.39, 0.29) is 5.71 Å². The zero-order valence-electron chi connectivity index (χ0n) is 12.9. The van der Waals surface area contributed by atoms with Gasteiger partial charge in [-0.2, -0.15) is 0 Å². The van der Waals surface area contributed by atoms with Crippen LogP contribution < -0.4 is 10.6 Å². The van der Waals surface area contributed by atoms with Gasteiger partial charge in [0.15, 0.2) is 0 Å². The Labute approximate surface area is 129 Å². The molecule has 1 amide bonds. The Kier molecular flexibility index (Phi) is 6.96. The summed E-state index contributed by atoms with van der Waals surface area (Å²) in [5, 5.41) is 17.5. The summed E-state index contributed by atoms with van der Waals surface area (Å²) in [7, 11) is 1.11. The second kappa shape index (κ2) is 8.72. The molecule has 0 fully saturated rings. The molecule has 0 unspecified atom stereocenters. The van der Waals surface area contributed by atoms with Crippen molar-refractivity contribution < 1.29 is 18.7 Å². The number of nitrogens with one attached hydrogen (secondary N) is 2. The molecule has 0 aliphatic heterocycles. The van der Waals surface area contributed by atoms with Gasteiger partial charge in [-0.05, 0) is 0 Å². The summed E-state index contributed by atoms with van der Waals surface area (Å²) in [4.78, 5) is 11.7. The van der Waals surface area contributed by atoms with Crippen LogP contribution in [0.2, 0.25) is 0 Å². The first-order chi connectivity index (χ1) is 10.4. The fourth-order valence-corrected chi connectivity index (χ4v) is 1.47. The van der Waals surface area contributed by atoms with Gasteiger partial charge in [-0.25, -0.2) is 0 Å². The molecule has 2 N–H and O–H groups in total. The number of rotatable bonds is 7. The maximum absolute atomic E-state index is 11.7. The average Bonchev–Trinajstić information content (AvgIpc) is 2.91. The Morgan fingerprint density at radius 3 is 2.91 bits per heavy atom. The molecule has 0 aliphatic rings. The summed E-state index contributed by atoms with van der Waals surface area (Å²) in [6.45, 7) is 5.81. The average molecular weight is 306 g/mol. The van der Waals surface area contributed by atoms with Crippen LogP contribution in [0.5, 0.6) is 0 Å². The third-order valence-electron chi connectivity index (χ3n) is 2.27. The van der Waals surface area contributed by atoms with Crippen LogP contribution in [0, 0.1) is 11.5 Å². The van der Waals surface area contributed by atoms with Gasteiger partial charge in [0, 0.05) is 0 Å². The van der Waals surface area contributed by atoms with Crippen LogP contribution in [-0.2, 0) is 15.8 Å². The van der Waals surface area contributed by atoms with E-state index in [1.807, 2.05) is 0 Å². The van der Waals surface area contributed by atoms with E-state index in [9.17, 15) is 4.79 Å². The van der Waals surface area contributed by atoms with Crippen LogP contribution in [0.1, 0.15) is 33.0 Å². The van der Waals surface area contributed by atoms with Crippen molar-refractivity contribution in [2.24, 2.45) is 0 Å². The van der Waals surface area contributed by atoms with Crippen LogP contribution in [0.25, 0.3) is 0 Å². The van der Waals surface area contributed by atoms with Crippen molar-refractivity contribution in [3.05, 3.63) is 18.0 Å². The van der Waals surface area contributed by atoms with Gasteiger partial charge in [0.05, 0.1) is 0 Å². The van der Waals surface area contributed by atoms with Crippen LogP contribution in [0.3, 0.4) is 0 Å². The predicted molar refractivity (Wildman–Crippen MR) is 79.7 cm³/mol. The number of nitriles is 1. The van der Waals surface area contributed by atoms with E-state index >= 15 is 0 Å². The number of nitrogens with zero attached hydrogens (tertiary/aromatic N) is 2. The summed E-state index contributed by atoms with van der Waals surface area (Å²) < 4.78 is 14.6. The summed E-state index contributed by atoms with van der Waals surface area (Å²) in [5.41, 5.74) is -0.370. The third kappa shape index (κ3) is 7.94. The number of hydrogen-bond donors (Lipinski definition) is 2. The van der Waals surface area contributed by atoms with E-state index in [1.54, 1.807) is 33.0 Å². The van der Waals surface area contributed by atoms with Crippen molar-refractivity contribution in [1.29, 1.82) is 5.26 Å². The number of amides is 1. The Bertz CT molecular complexity index is 531. The van der Waals surface area contributed by atoms with E-state index in [1.165, 1.54) is 6.26 Å². The Balaban J connectivity index is 2.40. The summed E-state index contributed by atoms with van der Waals surface area (Å²) in [5.74, 6) is 0.778. The van der Waals surface area contributed by atoms with Gasteiger partial charge in [0.25, 0.3) is 0 Å². The monoisotopic (exact) mass is 306 g/mol. The number of ether oxygens (including phenoxy) is 1. The first-order valence-corrected chi connectivity index (χ1v) is 6.79. The number of aryl methyl sites for hydroxylation is 1. The molecule has 0 aromatic carbocycles. The van der Waals surface area contributed by atoms with Gasteiger partial charge in [-0.1, -0.05) is 0 Å². The first kappa shape index (κ1) is 17.6. The molecule has 0 radical (unpaired) electrons. The molecule has 0 atom stereocenters. The fourth-order valence-electron chi connectivity index (χ4n) is 1.47. The van der Waals surface area contributed by atoms with E-state index in [4.69, 9.17) is 14.5 Å². The van der Waals surface area contributed by atoms with Crippen molar-refractivity contribution in [3.63, 3.8) is 0 Å². The van der Waals surface area contributed by atoms with Crippen LogP contribution in [0.4, 0.5) is 4.79 Å². The first-order valence-electron chi connectivity index (χ1n) is 6.79. The zero-order chi connectivity index (χ0) is 16.4. The molecule has 0 aliphatic carbocycles. The van der Waals surface area contributed by atoms with Crippen molar-refractivity contribution in [2.75, 3.05) is 6.54 Å². The molecule has 0 bridgehead atoms. The van der Waals surface area contributed by atoms with Crippen molar-refractivity contribution in [3.8, 4) is 6.26 Å². The fraction of sp³-hybridized carbons (Fsp3) is 0.538. The molecule has 1 aromatic rings. The Hall–Kier alpha value is -2.50. The normalized spacial score (nSPS) is 11.1. The van der Waals surface area contributed by atoms with E-state index in [2.05, 4.69) is 20.4 Å². The van der Waals surface area contributed by atoms with E-state index < -0.39 is 11.7 Å². The molecule has 0 spiro atoms. The zero-order valence-corrected chi connectivity index (χ0v) is 12.9. The van der Waals surface area contributed by atoms with E-state index in [0.29, 0.717) is 13.0 Å². The summed E-state index contributed by atoms with van der Waals surface area (Å²) >= 11 is 0. The van der Waals surface area contributed by atoms with Gasteiger partial charge in [-0.3, -0.25) is 0 Å². The minimum absolute atomic E-state index is 0.244. The number of carbonyl (C=O) groups is 1. The molecule has 118 valence electrons. The van der Waals surface area contributed by atoms with Crippen LogP contribution in [-0.4, -0.2) is 36.2 Å². The number of hydrogen-bond acceptors (Lipinski definition) is 7. The Morgan fingerprint density at radius 1 is 1.55 bits per heavy atom. The van der Waals surface area contributed by atoms with Crippen molar-refractivity contribution >= 4 is 18.9 Å². The summed E-state index contributed by atoms with van der Waals surface area (Å²) in [6, 6.07) is 1.79. The SMILES string of the molecule is CC(C)(C)OC(=O)NC(=BOC#N)NCCCc1ccno1. The van der Waals surface area contributed by atoms with Gasteiger partial charge >= 0.3 is 129 Å². The molecular weight excluding hydrogens is 287 g/mol. The summed E-state index contributed by atoms with van der Waals surface area (Å²) in [6.07, 6.45) is 3.89. The second-order valence-corrected chi connectivity index (χ2v) is 5.38. The minimum atomic E-state index is -0.636. The third-order valence-corrected chi connectivity index (χ3v) is 2.27. The molecule has 0 saturated heterocycles. The van der Waals surface area contributed by atoms with Crippen LogP contribution in [0.15, 0.2) is 16.8 Å². The molecule has 8 nitrogen and oxygen atoms in total. The molecule has 1 heterocycles. The van der Waals surface area contributed by atoms with Crippen LogP contribution >= 0.6 is 0 Å². The second-order valence-electron chi connectivity index (χ2n) is 5.38.